The molecule has 0 aliphatic carbocycles. The van der Waals surface area contributed by atoms with E-state index >= 15 is 0 Å². The molecular formula is C32H34N4O5S. The molecule has 1 aliphatic heterocycles. The molecule has 1 amide bonds. The maximum absolute atomic E-state index is 12.9. The first-order valence-electron chi connectivity index (χ1n) is 13.6. The number of carbonyl (C=O) groups excluding carboxylic acids is 2. The van der Waals surface area contributed by atoms with Gasteiger partial charge in [-0.2, -0.15) is 13.4 Å². The summed E-state index contributed by atoms with van der Waals surface area (Å²) in [6.45, 7) is 5.11. The summed E-state index contributed by atoms with van der Waals surface area (Å²) >= 11 is 0. The van der Waals surface area contributed by atoms with Crippen LogP contribution in [-0.2, 0) is 10.1 Å². The molecule has 10 heteroatoms. The second-order valence-corrected chi connectivity index (χ2v) is 11.6. The molecule has 5 rings (SSSR count). The highest BCUT2D eigenvalue weighted by molar-refractivity contribution is 7.85. The van der Waals surface area contributed by atoms with E-state index < -0.39 is 10.1 Å². The van der Waals surface area contributed by atoms with Crippen LogP contribution in [-0.4, -0.2) is 54.8 Å². The van der Waals surface area contributed by atoms with Gasteiger partial charge in [0.2, 0.25) is 5.95 Å². The number of aryl methyl sites for hydroxylation is 1. The van der Waals surface area contributed by atoms with Gasteiger partial charge in [0.1, 0.15) is 5.82 Å². The Morgan fingerprint density at radius 3 is 2.05 bits per heavy atom. The van der Waals surface area contributed by atoms with Crippen molar-refractivity contribution in [3.63, 3.8) is 0 Å². The lowest BCUT2D eigenvalue weighted by Crippen LogP contribution is -2.35. The Hall–Kier alpha value is -4.41. The van der Waals surface area contributed by atoms with E-state index in [1.54, 1.807) is 55.7 Å². The first-order valence-corrected chi connectivity index (χ1v) is 15.0. The zero-order valence-corrected chi connectivity index (χ0v) is 24.7. The molecule has 42 heavy (non-hydrogen) atoms. The van der Waals surface area contributed by atoms with Crippen molar-refractivity contribution in [1.29, 1.82) is 0 Å². The van der Waals surface area contributed by atoms with E-state index in [0.29, 0.717) is 28.8 Å². The van der Waals surface area contributed by atoms with Gasteiger partial charge in [-0.3, -0.25) is 19.0 Å². The zero-order valence-electron chi connectivity index (χ0n) is 23.8. The Bertz CT molecular complexity index is 1620. The van der Waals surface area contributed by atoms with Crippen molar-refractivity contribution < 1.29 is 22.6 Å². The standard InChI is InChI=1S/C25H26N4O2.C7H8O3S/c1-18(30)19-8-10-22(11-9-19)24(31)28(2)23-12-15-26-25(27-23)29-16-13-21(14-17-29)20-6-4-3-5-7-20;1-6-2-4-7(5-3-6)11(8,9)10/h3-12,15,21H,13-14,16-17H2,1-2H3;2-5H,1H3,(H,8,9,10). The van der Waals surface area contributed by atoms with Crippen molar-refractivity contribution in [2.75, 3.05) is 29.9 Å². The van der Waals surface area contributed by atoms with E-state index in [4.69, 9.17) is 4.55 Å². The van der Waals surface area contributed by atoms with Crippen LogP contribution < -0.4 is 9.80 Å². The lowest BCUT2D eigenvalue weighted by molar-refractivity contribution is 0.0987. The zero-order chi connectivity index (χ0) is 30.3. The minimum Gasteiger partial charge on any atom is -0.341 e. The highest BCUT2D eigenvalue weighted by atomic mass is 32.2. The van der Waals surface area contributed by atoms with Crippen LogP contribution in [0.15, 0.2) is 96.0 Å². The van der Waals surface area contributed by atoms with Gasteiger partial charge < -0.3 is 4.90 Å². The molecule has 1 N–H and O–H groups in total. The largest absolute Gasteiger partial charge is 0.341 e. The van der Waals surface area contributed by atoms with E-state index in [9.17, 15) is 18.0 Å². The van der Waals surface area contributed by atoms with Crippen LogP contribution in [0, 0.1) is 6.92 Å². The van der Waals surface area contributed by atoms with E-state index in [-0.39, 0.29) is 16.6 Å². The Kier molecular flexibility index (Phi) is 9.82. The lowest BCUT2D eigenvalue weighted by Gasteiger charge is -2.32. The SMILES string of the molecule is CC(=O)c1ccc(C(=O)N(C)c2ccnc(N3CCC(c4ccccc4)CC3)n2)cc1.Cc1ccc(S(=O)(=O)O)cc1. The Morgan fingerprint density at radius 1 is 0.881 bits per heavy atom. The molecule has 1 aliphatic rings. The van der Waals surface area contributed by atoms with Gasteiger partial charge in [-0.25, -0.2) is 4.98 Å². The molecule has 3 aromatic carbocycles. The molecule has 4 aromatic rings. The molecule has 2 heterocycles. The molecular weight excluding hydrogens is 552 g/mol. The minimum absolute atomic E-state index is 0.0242. The highest BCUT2D eigenvalue weighted by Crippen LogP contribution is 2.29. The molecule has 0 saturated carbocycles. The number of ketones is 1. The van der Waals surface area contributed by atoms with Gasteiger partial charge in [0, 0.05) is 37.5 Å². The normalized spacial score (nSPS) is 13.6. The number of piperidine rings is 1. The van der Waals surface area contributed by atoms with Gasteiger partial charge in [0.25, 0.3) is 16.0 Å². The summed E-state index contributed by atoms with van der Waals surface area (Å²) in [5.41, 5.74) is 3.44. The topological polar surface area (TPSA) is 121 Å². The van der Waals surface area contributed by atoms with Crippen LogP contribution in [0.3, 0.4) is 0 Å². The number of nitrogens with zero attached hydrogens (tertiary/aromatic N) is 4. The third-order valence-corrected chi connectivity index (χ3v) is 8.05. The average molecular weight is 587 g/mol. The smallest absolute Gasteiger partial charge is 0.294 e. The summed E-state index contributed by atoms with van der Waals surface area (Å²) in [5.74, 6) is 1.56. The van der Waals surface area contributed by atoms with Gasteiger partial charge >= 0.3 is 0 Å². The maximum atomic E-state index is 12.9. The Balaban J connectivity index is 0.000000310. The molecule has 218 valence electrons. The molecule has 0 unspecified atom stereocenters. The molecule has 1 saturated heterocycles. The molecule has 0 atom stereocenters. The molecule has 1 aromatic heterocycles. The maximum Gasteiger partial charge on any atom is 0.294 e. The number of anilines is 2. The van der Waals surface area contributed by atoms with Crippen molar-refractivity contribution >= 4 is 33.6 Å². The minimum atomic E-state index is -4.02. The second-order valence-electron chi connectivity index (χ2n) is 10.2. The van der Waals surface area contributed by atoms with E-state index in [1.165, 1.54) is 29.5 Å². The molecule has 9 nitrogen and oxygen atoms in total. The predicted octanol–water partition coefficient (Wildman–Crippen LogP) is 5.58. The number of hydrogen-bond donors (Lipinski definition) is 1. The second kappa shape index (κ2) is 13.5. The molecule has 0 bridgehead atoms. The fourth-order valence-electron chi connectivity index (χ4n) is 4.67. The summed E-state index contributed by atoms with van der Waals surface area (Å²) in [7, 11) is -2.32. The van der Waals surface area contributed by atoms with Crippen LogP contribution in [0.5, 0.6) is 0 Å². The fraction of sp³-hybridized carbons (Fsp3) is 0.250. The van der Waals surface area contributed by atoms with Gasteiger partial charge in [-0.1, -0.05) is 60.2 Å². The summed E-state index contributed by atoms with van der Waals surface area (Å²) in [6, 6.07) is 25.0. The highest BCUT2D eigenvalue weighted by Gasteiger charge is 2.23. The molecule has 1 fully saturated rings. The first kappa shape index (κ1) is 30.5. The summed E-state index contributed by atoms with van der Waals surface area (Å²) in [6.07, 6.45) is 3.80. The Labute approximate surface area is 246 Å². The van der Waals surface area contributed by atoms with E-state index in [1.807, 2.05) is 13.0 Å². The molecule has 0 spiro atoms. The number of carbonyl (C=O) groups is 2. The number of benzene rings is 3. The fourth-order valence-corrected chi connectivity index (χ4v) is 5.15. The van der Waals surface area contributed by atoms with Crippen molar-refractivity contribution in [1.82, 2.24) is 9.97 Å². The van der Waals surface area contributed by atoms with Crippen LogP contribution in [0.4, 0.5) is 11.8 Å². The number of amides is 1. The van der Waals surface area contributed by atoms with E-state index in [2.05, 4.69) is 39.1 Å². The van der Waals surface area contributed by atoms with Crippen LogP contribution in [0.1, 0.15) is 57.5 Å². The monoisotopic (exact) mass is 586 g/mol. The quantitative estimate of drug-likeness (QED) is 0.230. The number of Topliss-reactive ketones (excluding diaryl/α,β-unsaturated/α-hetero) is 1. The summed E-state index contributed by atoms with van der Waals surface area (Å²) in [5, 5.41) is 0. The number of aromatic nitrogens is 2. The third kappa shape index (κ3) is 7.86. The molecule has 0 radical (unpaired) electrons. The van der Waals surface area contributed by atoms with Crippen LogP contribution >= 0.6 is 0 Å². The van der Waals surface area contributed by atoms with Crippen molar-refractivity contribution in [2.45, 2.75) is 37.5 Å². The predicted molar refractivity (Wildman–Crippen MR) is 163 cm³/mol. The van der Waals surface area contributed by atoms with Crippen molar-refractivity contribution in [3.05, 3.63) is 113 Å². The van der Waals surface area contributed by atoms with Crippen LogP contribution in [0.25, 0.3) is 0 Å². The third-order valence-electron chi connectivity index (χ3n) is 7.18. The average Bonchev–Trinajstić information content (AvgIpc) is 3.01. The Morgan fingerprint density at radius 2 is 1.48 bits per heavy atom. The van der Waals surface area contributed by atoms with E-state index in [0.717, 1.165) is 31.5 Å². The van der Waals surface area contributed by atoms with Crippen LogP contribution in [0.2, 0.25) is 0 Å². The first-order chi connectivity index (χ1) is 20.0. The number of rotatable bonds is 6. The van der Waals surface area contributed by atoms with Gasteiger partial charge in [0.05, 0.1) is 4.90 Å². The summed E-state index contributed by atoms with van der Waals surface area (Å²) < 4.78 is 29.6. The number of hydrogen-bond acceptors (Lipinski definition) is 7. The van der Waals surface area contributed by atoms with Crippen molar-refractivity contribution in [2.24, 2.45) is 0 Å². The summed E-state index contributed by atoms with van der Waals surface area (Å²) in [4.78, 5) is 37.1. The lowest BCUT2D eigenvalue weighted by atomic mass is 9.90. The van der Waals surface area contributed by atoms with Gasteiger partial charge in [0.15, 0.2) is 5.78 Å². The van der Waals surface area contributed by atoms with Gasteiger partial charge in [-0.05, 0) is 68.5 Å². The van der Waals surface area contributed by atoms with Gasteiger partial charge in [-0.15, -0.1) is 0 Å². The van der Waals surface area contributed by atoms with Crippen molar-refractivity contribution in [3.8, 4) is 0 Å².